The van der Waals surface area contributed by atoms with E-state index in [9.17, 15) is 13.2 Å². The van der Waals surface area contributed by atoms with E-state index in [-0.39, 0.29) is 5.91 Å². The molecule has 0 atom stereocenters. The molecule has 0 saturated carbocycles. The third kappa shape index (κ3) is 4.52. The number of carbonyl (C=O) groups is 1. The first-order chi connectivity index (χ1) is 13.3. The maximum absolute atomic E-state index is 12.6. The molecule has 3 aromatic rings. The molecule has 0 saturated heterocycles. The van der Waals surface area contributed by atoms with Crippen molar-refractivity contribution in [3.8, 4) is 11.1 Å². The van der Waals surface area contributed by atoms with Crippen molar-refractivity contribution in [2.24, 2.45) is 0 Å². The minimum atomic E-state index is -3.50. The maximum atomic E-state index is 12.6. The van der Waals surface area contributed by atoms with Crippen LogP contribution in [-0.2, 0) is 10.0 Å². The van der Waals surface area contributed by atoms with E-state index in [1.807, 2.05) is 18.2 Å². The topological polar surface area (TPSA) is 66.5 Å². The zero-order valence-corrected chi connectivity index (χ0v) is 17.0. The summed E-state index contributed by atoms with van der Waals surface area (Å²) in [5.74, 6) is -0.327. The largest absolute Gasteiger partial charge is 0.320 e. The zero-order chi connectivity index (χ0) is 20.3. The summed E-state index contributed by atoms with van der Waals surface area (Å²) in [5.41, 5.74) is 2.90. The molecule has 0 heterocycles. The van der Waals surface area contributed by atoms with Gasteiger partial charge in [0.25, 0.3) is 5.91 Å². The first-order valence-corrected chi connectivity index (χ1v) is 10.7. The van der Waals surface area contributed by atoms with Gasteiger partial charge in [-0.3, -0.25) is 9.10 Å². The SMILES string of the molecule is CN(c1ccc(-c2cccc(Cl)c2)cc1NC(=O)c1ccccc1)S(C)(=O)=O. The fourth-order valence-electron chi connectivity index (χ4n) is 2.72. The van der Waals surface area contributed by atoms with Crippen molar-refractivity contribution in [1.29, 1.82) is 0 Å². The lowest BCUT2D eigenvalue weighted by Crippen LogP contribution is -2.26. The fraction of sp³-hybridized carbons (Fsp3) is 0.0952. The fourth-order valence-corrected chi connectivity index (χ4v) is 3.43. The number of carbonyl (C=O) groups excluding carboxylic acids is 1. The van der Waals surface area contributed by atoms with Gasteiger partial charge in [0.05, 0.1) is 17.6 Å². The molecule has 0 spiro atoms. The molecule has 28 heavy (non-hydrogen) atoms. The summed E-state index contributed by atoms with van der Waals surface area (Å²) in [6.07, 6.45) is 1.11. The molecule has 1 amide bonds. The quantitative estimate of drug-likeness (QED) is 0.660. The van der Waals surface area contributed by atoms with Gasteiger partial charge in [-0.2, -0.15) is 0 Å². The predicted molar refractivity (Wildman–Crippen MR) is 115 cm³/mol. The Balaban J connectivity index is 2.07. The van der Waals surface area contributed by atoms with Crippen LogP contribution >= 0.6 is 11.6 Å². The van der Waals surface area contributed by atoms with E-state index < -0.39 is 10.0 Å². The summed E-state index contributed by atoms with van der Waals surface area (Å²) >= 11 is 6.08. The van der Waals surface area contributed by atoms with Crippen molar-refractivity contribution in [2.75, 3.05) is 22.9 Å². The minimum Gasteiger partial charge on any atom is -0.320 e. The highest BCUT2D eigenvalue weighted by molar-refractivity contribution is 7.92. The predicted octanol–water partition coefficient (Wildman–Crippen LogP) is 4.66. The Labute approximate surface area is 169 Å². The summed E-state index contributed by atoms with van der Waals surface area (Å²) in [6.45, 7) is 0. The Kier molecular flexibility index (Phi) is 5.72. The highest BCUT2D eigenvalue weighted by Crippen LogP contribution is 2.33. The van der Waals surface area contributed by atoms with Gasteiger partial charge in [0.15, 0.2) is 0 Å². The third-order valence-electron chi connectivity index (χ3n) is 4.28. The Hall–Kier alpha value is -2.83. The van der Waals surface area contributed by atoms with Crippen molar-refractivity contribution < 1.29 is 13.2 Å². The van der Waals surface area contributed by atoms with E-state index in [0.717, 1.165) is 21.7 Å². The van der Waals surface area contributed by atoms with Crippen LogP contribution in [0.4, 0.5) is 11.4 Å². The first kappa shape index (κ1) is 19.9. The molecule has 3 aromatic carbocycles. The van der Waals surface area contributed by atoms with Crippen molar-refractivity contribution in [1.82, 2.24) is 0 Å². The summed E-state index contributed by atoms with van der Waals surface area (Å²) in [5, 5.41) is 3.41. The van der Waals surface area contributed by atoms with Gasteiger partial charge in [-0.1, -0.05) is 48.0 Å². The van der Waals surface area contributed by atoms with Gasteiger partial charge >= 0.3 is 0 Å². The molecular formula is C21H19ClN2O3S. The third-order valence-corrected chi connectivity index (χ3v) is 5.70. The summed E-state index contributed by atoms with van der Waals surface area (Å²) in [6, 6.07) is 21.2. The number of hydrogen-bond donors (Lipinski definition) is 1. The monoisotopic (exact) mass is 414 g/mol. The van der Waals surface area contributed by atoms with Crippen molar-refractivity contribution in [2.45, 2.75) is 0 Å². The number of anilines is 2. The highest BCUT2D eigenvalue weighted by Gasteiger charge is 2.18. The second-order valence-electron chi connectivity index (χ2n) is 6.29. The maximum Gasteiger partial charge on any atom is 0.255 e. The molecule has 3 rings (SSSR count). The van der Waals surface area contributed by atoms with Crippen LogP contribution in [0.15, 0.2) is 72.8 Å². The average Bonchev–Trinajstić information content (AvgIpc) is 2.67. The van der Waals surface area contributed by atoms with Gasteiger partial charge < -0.3 is 5.32 Å². The number of nitrogens with one attached hydrogen (secondary N) is 1. The van der Waals surface area contributed by atoms with E-state index in [2.05, 4.69) is 5.32 Å². The Morgan fingerprint density at radius 2 is 1.61 bits per heavy atom. The standard InChI is InChI=1S/C21H19ClN2O3S/c1-24(28(2,26)27)20-12-11-17(16-9-6-10-18(22)13-16)14-19(20)23-21(25)15-7-4-3-5-8-15/h3-14H,1-2H3,(H,23,25). The van der Waals surface area contributed by atoms with Crippen LogP contribution in [0.25, 0.3) is 11.1 Å². The molecule has 7 heteroatoms. The number of sulfonamides is 1. The van der Waals surface area contributed by atoms with Crippen molar-refractivity contribution in [3.63, 3.8) is 0 Å². The number of hydrogen-bond acceptors (Lipinski definition) is 3. The molecule has 0 fully saturated rings. The van der Waals surface area contributed by atoms with E-state index in [1.165, 1.54) is 7.05 Å². The highest BCUT2D eigenvalue weighted by atomic mass is 35.5. The minimum absolute atomic E-state index is 0.327. The first-order valence-electron chi connectivity index (χ1n) is 8.46. The second-order valence-corrected chi connectivity index (χ2v) is 8.74. The van der Waals surface area contributed by atoms with Crippen molar-refractivity contribution in [3.05, 3.63) is 83.4 Å². The number of amides is 1. The molecule has 0 aliphatic carbocycles. The second kappa shape index (κ2) is 8.04. The smallest absolute Gasteiger partial charge is 0.255 e. The average molecular weight is 415 g/mol. The normalized spacial score (nSPS) is 11.1. The molecule has 0 bridgehead atoms. The summed E-state index contributed by atoms with van der Waals surface area (Å²) < 4.78 is 25.2. The molecule has 0 aromatic heterocycles. The van der Waals surface area contributed by atoms with Crippen LogP contribution in [0.1, 0.15) is 10.4 Å². The lowest BCUT2D eigenvalue weighted by atomic mass is 10.0. The Morgan fingerprint density at radius 1 is 0.929 bits per heavy atom. The van der Waals surface area contributed by atoms with Gasteiger partial charge in [0.1, 0.15) is 0 Å². The van der Waals surface area contributed by atoms with Crippen LogP contribution in [0.2, 0.25) is 5.02 Å². The van der Waals surface area contributed by atoms with Crippen LogP contribution in [-0.4, -0.2) is 27.6 Å². The van der Waals surface area contributed by atoms with Crippen LogP contribution < -0.4 is 9.62 Å². The van der Waals surface area contributed by atoms with E-state index in [0.29, 0.717) is 22.0 Å². The van der Waals surface area contributed by atoms with Crippen LogP contribution in [0, 0.1) is 0 Å². The summed E-state index contributed by atoms with van der Waals surface area (Å²) in [7, 11) is -2.06. The molecule has 0 unspecified atom stereocenters. The number of benzene rings is 3. The number of nitrogens with zero attached hydrogens (tertiary/aromatic N) is 1. The van der Waals surface area contributed by atoms with Gasteiger partial charge in [0, 0.05) is 17.6 Å². The molecule has 0 radical (unpaired) electrons. The van der Waals surface area contributed by atoms with E-state index in [1.54, 1.807) is 54.6 Å². The van der Waals surface area contributed by atoms with Crippen LogP contribution in [0.5, 0.6) is 0 Å². The van der Waals surface area contributed by atoms with Gasteiger partial charge in [0.2, 0.25) is 10.0 Å². The number of rotatable bonds is 5. The van der Waals surface area contributed by atoms with Gasteiger partial charge in [-0.05, 0) is 47.5 Å². The number of halogens is 1. The molecule has 0 aliphatic heterocycles. The lowest BCUT2D eigenvalue weighted by molar-refractivity contribution is 0.102. The van der Waals surface area contributed by atoms with Crippen molar-refractivity contribution >= 4 is 38.9 Å². The molecule has 0 aliphatic rings. The van der Waals surface area contributed by atoms with Crippen LogP contribution in [0.3, 0.4) is 0 Å². The Bertz CT molecular complexity index is 1120. The molecule has 1 N–H and O–H groups in total. The zero-order valence-electron chi connectivity index (χ0n) is 15.4. The molecule has 5 nitrogen and oxygen atoms in total. The molecule has 144 valence electrons. The lowest BCUT2D eigenvalue weighted by Gasteiger charge is -2.21. The molecular weight excluding hydrogens is 396 g/mol. The summed E-state index contributed by atoms with van der Waals surface area (Å²) in [4.78, 5) is 12.6. The van der Waals surface area contributed by atoms with E-state index in [4.69, 9.17) is 11.6 Å². The van der Waals surface area contributed by atoms with Gasteiger partial charge in [-0.25, -0.2) is 8.42 Å². The Morgan fingerprint density at radius 3 is 2.25 bits per heavy atom. The van der Waals surface area contributed by atoms with E-state index >= 15 is 0 Å². The van der Waals surface area contributed by atoms with Gasteiger partial charge in [-0.15, -0.1) is 0 Å².